The Balaban J connectivity index is 2.07. The summed E-state index contributed by atoms with van der Waals surface area (Å²) < 4.78 is 6.34. The molecule has 1 aromatic heterocycles. The third-order valence-electron chi connectivity index (χ3n) is 2.03. The van der Waals surface area contributed by atoms with Crippen molar-refractivity contribution in [3.8, 4) is 0 Å². The van der Waals surface area contributed by atoms with Gasteiger partial charge in [0.2, 0.25) is 5.78 Å². The minimum atomic E-state index is -0.311. The zero-order valence-electron chi connectivity index (χ0n) is 7.46. The SMILES string of the molecule is O=C(c1cc(Br)cs1)C1CNCCO1. The van der Waals surface area contributed by atoms with Crippen LogP contribution in [-0.2, 0) is 4.74 Å². The van der Waals surface area contributed by atoms with Gasteiger partial charge in [0.25, 0.3) is 0 Å². The lowest BCUT2D eigenvalue weighted by Crippen LogP contribution is -2.42. The molecule has 76 valence electrons. The average Bonchev–Trinajstić information content (AvgIpc) is 2.65. The zero-order chi connectivity index (χ0) is 9.97. The third-order valence-corrected chi connectivity index (χ3v) is 3.74. The van der Waals surface area contributed by atoms with Gasteiger partial charge in [-0.15, -0.1) is 11.3 Å². The molecule has 1 aromatic rings. The van der Waals surface area contributed by atoms with Gasteiger partial charge in [-0.25, -0.2) is 0 Å². The summed E-state index contributed by atoms with van der Waals surface area (Å²) in [7, 11) is 0. The van der Waals surface area contributed by atoms with Crippen LogP contribution in [0.1, 0.15) is 9.67 Å². The molecule has 0 spiro atoms. The summed E-state index contributed by atoms with van der Waals surface area (Å²) in [4.78, 5) is 12.6. The van der Waals surface area contributed by atoms with Crippen LogP contribution >= 0.6 is 27.3 Å². The number of carbonyl (C=O) groups is 1. The number of hydrogen-bond acceptors (Lipinski definition) is 4. The number of nitrogens with one attached hydrogen (secondary N) is 1. The first kappa shape index (κ1) is 10.3. The molecular weight excluding hydrogens is 266 g/mol. The van der Waals surface area contributed by atoms with E-state index >= 15 is 0 Å². The summed E-state index contributed by atoms with van der Waals surface area (Å²) in [6.45, 7) is 2.06. The van der Waals surface area contributed by atoms with Crippen LogP contribution in [0, 0.1) is 0 Å². The standard InChI is InChI=1S/C9H10BrNO2S/c10-6-3-8(14-5-6)9(12)7-4-11-1-2-13-7/h3,5,7,11H,1-2,4H2. The molecule has 2 heterocycles. The molecule has 3 nitrogen and oxygen atoms in total. The fraction of sp³-hybridized carbons (Fsp3) is 0.444. The molecule has 0 aromatic carbocycles. The molecule has 0 radical (unpaired) electrons. The van der Waals surface area contributed by atoms with Gasteiger partial charge < -0.3 is 10.1 Å². The number of ether oxygens (including phenoxy) is 1. The van der Waals surface area contributed by atoms with Crippen LogP contribution in [0.15, 0.2) is 15.9 Å². The summed E-state index contributed by atoms with van der Waals surface area (Å²) in [5.74, 6) is 0.0768. The monoisotopic (exact) mass is 275 g/mol. The third kappa shape index (κ3) is 2.23. The van der Waals surface area contributed by atoms with Gasteiger partial charge in [-0.2, -0.15) is 0 Å². The van der Waals surface area contributed by atoms with E-state index in [0.29, 0.717) is 13.2 Å². The van der Waals surface area contributed by atoms with E-state index in [-0.39, 0.29) is 11.9 Å². The molecule has 1 atom stereocenters. The molecule has 2 rings (SSSR count). The molecule has 5 heteroatoms. The van der Waals surface area contributed by atoms with Gasteiger partial charge in [-0.1, -0.05) is 0 Å². The molecule has 1 unspecified atom stereocenters. The summed E-state index contributed by atoms with van der Waals surface area (Å²) in [5, 5.41) is 5.05. The number of ketones is 1. The van der Waals surface area contributed by atoms with Crippen molar-refractivity contribution in [2.24, 2.45) is 0 Å². The summed E-state index contributed by atoms with van der Waals surface area (Å²) in [6, 6.07) is 1.84. The van der Waals surface area contributed by atoms with Gasteiger partial charge in [-0.05, 0) is 22.0 Å². The highest BCUT2D eigenvalue weighted by atomic mass is 79.9. The second-order valence-electron chi connectivity index (χ2n) is 3.06. The Morgan fingerprint density at radius 3 is 3.14 bits per heavy atom. The van der Waals surface area contributed by atoms with Crippen molar-refractivity contribution in [1.82, 2.24) is 5.32 Å². The predicted molar refractivity (Wildman–Crippen MR) is 59.0 cm³/mol. The van der Waals surface area contributed by atoms with E-state index in [1.807, 2.05) is 11.4 Å². The Morgan fingerprint density at radius 1 is 1.71 bits per heavy atom. The van der Waals surface area contributed by atoms with Crippen molar-refractivity contribution in [1.29, 1.82) is 0 Å². The summed E-state index contributed by atoms with van der Waals surface area (Å²) in [6.07, 6.45) is -0.311. The quantitative estimate of drug-likeness (QED) is 0.835. The average molecular weight is 276 g/mol. The maximum absolute atomic E-state index is 11.8. The lowest BCUT2D eigenvalue weighted by Gasteiger charge is -2.21. The van der Waals surface area contributed by atoms with Crippen molar-refractivity contribution in [2.45, 2.75) is 6.10 Å². The highest BCUT2D eigenvalue weighted by Gasteiger charge is 2.23. The van der Waals surface area contributed by atoms with Crippen LogP contribution < -0.4 is 5.32 Å². The van der Waals surface area contributed by atoms with Gasteiger partial charge in [0.15, 0.2) is 0 Å². The van der Waals surface area contributed by atoms with Gasteiger partial charge in [-0.3, -0.25) is 4.79 Å². The van der Waals surface area contributed by atoms with Crippen molar-refractivity contribution in [2.75, 3.05) is 19.7 Å². The van der Waals surface area contributed by atoms with Crippen molar-refractivity contribution < 1.29 is 9.53 Å². The molecule has 0 saturated carbocycles. The van der Waals surface area contributed by atoms with Crippen molar-refractivity contribution >= 4 is 33.0 Å². The maximum atomic E-state index is 11.8. The van der Waals surface area contributed by atoms with E-state index in [0.717, 1.165) is 15.9 Å². The molecule has 1 aliphatic rings. The molecule has 0 amide bonds. The van der Waals surface area contributed by atoms with Crippen LogP contribution in [0.5, 0.6) is 0 Å². The van der Waals surface area contributed by atoms with Gasteiger partial charge in [0.05, 0.1) is 11.5 Å². The van der Waals surface area contributed by atoms with Crippen LogP contribution in [0.2, 0.25) is 0 Å². The van der Waals surface area contributed by atoms with E-state index < -0.39 is 0 Å². The first-order valence-electron chi connectivity index (χ1n) is 4.38. The van der Waals surface area contributed by atoms with Gasteiger partial charge in [0, 0.05) is 22.9 Å². The largest absolute Gasteiger partial charge is 0.367 e. The lowest BCUT2D eigenvalue weighted by molar-refractivity contribution is 0.0272. The minimum absolute atomic E-state index is 0.0768. The second-order valence-corrected chi connectivity index (χ2v) is 4.88. The first-order valence-corrected chi connectivity index (χ1v) is 6.05. The zero-order valence-corrected chi connectivity index (χ0v) is 9.86. The maximum Gasteiger partial charge on any atom is 0.202 e. The number of carbonyl (C=O) groups excluding carboxylic acids is 1. The molecule has 0 aliphatic carbocycles. The Hall–Kier alpha value is -0.230. The molecule has 1 N–H and O–H groups in total. The van der Waals surface area contributed by atoms with Crippen molar-refractivity contribution in [3.63, 3.8) is 0 Å². The number of halogens is 1. The van der Waals surface area contributed by atoms with E-state index in [1.54, 1.807) is 0 Å². The Labute approximate surface area is 94.6 Å². The summed E-state index contributed by atoms with van der Waals surface area (Å²) >= 11 is 4.77. The fourth-order valence-electron chi connectivity index (χ4n) is 1.33. The molecule has 1 saturated heterocycles. The van der Waals surface area contributed by atoms with E-state index in [9.17, 15) is 4.79 Å². The number of rotatable bonds is 2. The topological polar surface area (TPSA) is 38.3 Å². The summed E-state index contributed by atoms with van der Waals surface area (Å²) in [5.41, 5.74) is 0. The van der Waals surface area contributed by atoms with E-state index in [4.69, 9.17) is 4.74 Å². The Morgan fingerprint density at radius 2 is 2.57 bits per heavy atom. The second kappa shape index (κ2) is 4.53. The molecule has 1 fully saturated rings. The van der Waals surface area contributed by atoms with E-state index in [1.165, 1.54) is 11.3 Å². The molecule has 14 heavy (non-hydrogen) atoms. The highest BCUT2D eigenvalue weighted by molar-refractivity contribution is 9.10. The van der Waals surface area contributed by atoms with Crippen LogP contribution in [0.4, 0.5) is 0 Å². The van der Waals surface area contributed by atoms with E-state index in [2.05, 4.69) is 21.2 Å². The van der Waals surface area contributed by atoms with Crippen LogP contribution in [0.3, 0.4) is 0 Å². The molecule has 1 aliphatic heterocycles. The Kier molecular flexibility index (Phi) is 3.33. The van der Waals surface area contributed by atoms with Gasteiger partial charge in [0.1, 0.15) is 6.10 Å². The normalized spacial score (nSPS) is 22.2. The Bertz CT molecular complexity index is 333. The molecule has 0 bridgehead atoms. The smallest absolute Gasteiger partial charge is 0.202 e. The number of morpholine rings is 1. The number of thiophene rings is 1. The first-order chi connectivity index (χ1) is 6.77. The van der Waals surface area contributed by atoms with Crippen LogP contribution in [0.25, 0.3) is 0 Å². The molecular formula is C9H10BrNO2S. The van der Waals surface area contributed by atoms with Crippen LogP contribution in [-0.4, -0.2) is 31.6 Å². The predicted octanol–water partition coefficient (Wildman–Crippen LogP) is 1.68. The lowest BCUT2D eigenvalue weighted by atomic mass is 10.2. The minimum Gasteiger partial charge on any atom is -0.367 e. The fourth-order valence-corrected chi connectivity index (χ4v) is 2.75. The number of Topliss-reactive ketones (excluding diaryl/α,β-unsaturated/α-hetero) is 1. The van der Waals surface area contributed by atoms with Crippen molar-refractivity contribution in [3.05, 3.63) is 20.8 Å². The number of hydrogen-bond donors (Lipinski definition) is 1. The van der Waals surface area contributed by atoms with Gasteiger partial charge >= 0.3 is 0 Å². The highest BCUT2D eigenvalue weighted by Crippen LogP contribution is 2.21.